The molecule has 0 spiro atoms. The monoisotopic (exact) mass is 268 g/mol. The highest BCUT2D eigenvalue weighted by Crippen LogP contribution is 2.23. The fourth-order valence-electron chi connectivity index (χ4n) is 2.69. The fourth-order valence-corrected chi connectivity index (χ4v) is 3.43. The van der Waals surface area contributed by atoms with E-state index in [1.54, 1.807) is 11.3 Å². The normalized spacial score (nSPS) is 21.8. The molecule has 18 heavy (non-hydrogen) atoms. The Morgan fingerprint density at radius 3 is 2.94 bits per heavy atom. The highest BCUT2D eigenvalue weighted by molar-refractivity contribution is 7.15. The molecule has 0 bridgehead atoms. The summed E-state index contributed by atoms with van der Waals surface area (Å²) in [4.78, 5) is 2.54. The summed E-state index contributed by atoms with van der Waals surface area (Å²) in [5.41, 5.74) is 0. The lowest BCUT2D eigenvalue weighted by Crippen LogP contribution is -2.24. The van der Waals surface area contributed by atoms with E-state index in [-0.39, 0.29) is 0 Å². The number of likely N-dealkylation sites (tertiary alicyclic amines) is 1. The van der Waals surface area contributed by atoms with E-state index in [0.717, 1.165) is 22.6 Å². The van der Waals surface area contributed by atoms with Gasteiger partial charge in [0, 0.05) is 7.05 Å². The quantitative estimate of drug-likeness (QED) is 0.891. The molecule has 2 heterocycles. The average molecular weight is 268 g/mol. The SMILES string of the molecule is CCCC1CCCN(Cc2nnc(NC)s2)CC1. The molecule has 4 nitrogen and oxygen atoms in total. The number of nitrogens with one attached hydrogen (secondary N) is 1. The molecule has 5 heteroatoms. The number of aromatic nitrogens is 2. The Morgan fingerprint density at radius 2 is 2.22 bits per heavy atom. The molecular formula is C13H24N4S. The van der Waals surface area contributed by atoms with Crippen LogP contribution < -0.4 is 5.32 Å². The van der Waals surface area contributed by atoms with Crippen molar-refractivity contribution in [1.29, 1.82) is 0 Å². The van der Waals surface area contributed by atoms with Crippen molar-refractivity contribution in [2.75, 3.05) is 25.5 Å². The molecule has 1 fully saturated rings. The molecule has 0 aliphatic carbocycles. The first-order valence-corrected chi connectivity index (χ1v) is 7.86. The molecule has 0 aromatic carbocycles. The number of hydrogen-bond donors (Lipinski definition) is 1. The van der Waals surface area contributed by atoms with Gasteiger partial charge in [-0.2, -0.15) is 0 Å². The summed E-state index contributed by atoms with van der Waals surface area (Å²) in [5.74, 6) is 0.947. The predicted octanol–water partition coefficient (Wildman–Crippen LogP) is 2.98. The van der Waals surface area contributed by atoms with Gasteiger partial charge in [-0.15, -0.1) is 10.2 Å². The molecule has 1 saturated heterocycles. The second kappa shape index (κ2) is 7.04. The van der Waals surface area contributed by atoms with Crippen molar-refractivity contribution in [3.05, 3.63) is 5.01 Å². The summed E-state index contributed by atoms with van der Waals surface area (Å²) in [6.45, 7) is 5.70. The van der Waals surface area contributed by atoms with Crippen LogP contribution in [0.3, 0.4) is 0 Å². The third kappa shape index (κ3) is 3.92. The molecule has 0 radical (unpaired) electrons. The van der Waals surface area contributed by atoms with E-state index in [9.17, 15) is 0 Å². The van der Waals surface area contributed by atoms with Crippen LogP contribution in [0.4, 0.5) is 5.13 Å². The Hall–Kier alpha value is -0.680. The average Bonchev–Trinajstić information content (AvgIpc) is 2.71. The van der Waals surface area contributed by atoms with E-state index in [0.29, 0.717) is 0 Å². The van der Waals surface area contributed by atoms with Crippen LogP contribution in [-0.4, -0.2) is 35.2 Å². The Bertz CT molecular complexity index is 353. The molecule has 1 aliphatic heterocycles. The van der Waals surface area contributed by atoms with Gasteiger partial charge in [-0.1, -0.05) is 31.1 Å². The van der Waals surface area contributed by atoms with E-state index in [1.807, 2.05) is 7.05 Å². The maximum atomic E-state index is 4.23. The van der Waals surface area contributed by atoms with Gasteiger partial charge in [0.15, 0.2) is 0 Å². The maximum Gasteiger partial charge on any atom is 0.205 e. The van der Waals surface area contributed by atoms with E-state index in [1.165, 1.54) is 45.2 Å². The van der Waals surface area contributed by atoms with E-state index in [2.05, 4.69) is 27.3 Å². The van der Waals surface area contributed by atoms with Gasteiger partial charge in [0.2, 0.25) is 5.13 Å². The lowest BCUT2D eigenvalue weighted by Gasteiger charge is -2.18. The van der Waals surface area contributed by atoms with Crippen molar-refractivity contribution in [2.45, 2.75) is 45.6 Å². The first kappa shape index (κ1) is 13.7. The first-order valence-electron chi connectivity index (χ1n) is 7.04. The van der Waals surface area contributed by atoms with Crippen molar-refractivity contribution >= 4 is 16.5 Å². The number of hydrogen-bond acceptors (Lipinski definition) is 5. The molecule has 102 valence electrons. The first-order chi connectivity index (χ1) is 8.81. The molecule has 2 rings (SSSR count). The zero-order chi connectivity index (χ0) is 12.8. The highest BCUT2D eigenvalue weighted by Gasteiger charge is 2.17. The standard InChI is InChI=1S/C13H24N4S/c1-3-5-11-6-4-8-17(9-7-11)10-12-15-16-13(14-2)18-12/h11H,3-10H2,1-2H3,(H,14,16). The second-order valence-corrected chi connectivity index (χ2v) is 6.17. The van der Waals surface area contributed by atoms with Gasteiger partial charge in [-0.05, 0) is 38.3 Å². The molecule has 1 aromatic heterocycles. The Kier molecular flexibility index (Phi) is 5.38. The van der Waals surface area contributed by atoms with Crippen LogP contribution in [0.2, 0.25) is 0 Å². The van der Waals surface area contributed by atoms with E-state index >= 15 is 0 Å². The van der Waals surface area contributed by atoms with Crippen molar-refractivity contribution < 1.29 is 0 Å². The van der Waals surface area contributed by atoms with Crippen molar-refractivity contribution in [1.82, 2.24) is 15.1 Å². The number of rotatable bonds is 5. The number of anilines is 1. The Balaban J connectivity index is 1.82. The lowest BCUT2D eigenvalue weighted by atomic mass is 9.96. The van der Waals surface area contributed by atoms with Crippen LogP contribution in [0.5, 0.6) is 0 Å². The third-order valence-electron chi connectivity index (χ3n) is 3.68. The molecule has 1 atom stereocenters. The minimum Gasteiger partial charge on any atom is -0.363 e. The molecule has 0 saturated carbocycles. The highest BCUT2D eigenvalue weighted by atomic mass is 32.1. The molecule has 1 N–H and O–H groups in total. The molecule has 1 aliphatic rings. The Morgan fingerprint density at radius 1 is 1.33 bits per heavy atom. The van der Waals surface area contributed by atoms with Gasteiger partial charge >= 0.3 is 0 Å². The topological polar surface area (TPSA) is 41.1 Å². The van der Waals surface area contributed by atoms with Crippen LogP contribution >= 0.6 is 11.3 Å². The largest absolute Gasteiger partial charge is 0.363 e. The van der Waals surface area contributed by atoms with Crippen LogP contribution in [0.15, 0.2) is 0 Å². The summed E-state index contributed by atoms with van der Waals surface area (Å²) in [6, 6.07) is 0. The minimum atomic E-state index is 0.920. The van der Waals surface area contributed by atoms with Crippen molar-refractivity contribution in [3.63, 3.8) is 0 Å². The Labute approximate surface area is 114 Å². The molecule has 1 aromatic rings. The molecule has 0 amide bonds. The van der Waals surface area contributed by atoms with Gasteiger partial charge in [0.05, 0.1) is 6.54 Å². The summed E-state index contributed by atoms with van der Waals surface area (Å²) in [5, 5.41) is 13.4. The molecule has 1 unspecified atom stereocenters. The lowest BCUT2D eigenvalue weighted by molar-refractivity contribution is 0.270. The van der Waals surface area contributed by atoms with Crippen LogP contribution in [-0.2, 0) is 6.54 Å². The van der Waals surface area contributed by atoms with Crippen molar-refractivity contribution in [3.8, 4) is 0 Å². The zero-order valence-electron chi connectivity index (χ0n) is 11.5. The maximum absolute atomic E-state index is 4.23. The van der Waals surface area contributed by atoms with Gasteiger partial charge in [-0.3, -0.25) is 4.90 Å². The zero-order valence-corrected chi connectivity index (χ0v) is 12.3. The molecular weight excluding hydrogens is 244 g/mol. The van der Waals surface area contributed by atoms with Gasteiger partial charge < -0.3 is 5.32 Å². The third-order valence-corrected chi connectivity index (χ3v) is 4.60. The fraction of sp³-hybridized carbons (Fsp3) is 0.846. The van der Waals surface area contributed by atoms with Crippen LogP contribution in [0, 0.1) is 5.92 Å². The van der Waals surface area contributed by atoms with Crippen LogP contribution in [0.25, 0.3) is 0 Å². The van der Waals surface area contributed by atoms with E-state index in [4.69, 9.17) is 0 Å². The van der Waals surface area contributed by atoms with Crippen molar-refractivity contribution in [2.24, 2.45) is 5.92 Å². The van der Waals surface area contributed by atoms with Gasteiger partial charge in [-0.25, -0.2) is 0 Å². The van der Waals surface area contributed by atoms with Crippen LogP contribution in [0.1, 0.15) is 44.0 Å². The minimum absolute atomic E-state index is 0.920. The van der Waals surface area contributed by atoms with Gasteiger partial charge in [0.1, 0.15) is 5.01 Å². The van der Waals surface area contributed by atoms with E-state index < -0.39 is 0 Å². The number of nitrogens with zero attached hydrogens (tertiary/aromatic N) is 3. The van der Waals surface area contributed by atoms with Gasteiger partial charge in [0.25, 0.3) is 0 Å². The predicted molar refractivity (Wildman–Crippen MR) is 77.0 cm³/mol. The smallest absolute Gasteiger partial charge is 0.205 e. The summed E-state index contributed by atoms with van der Waals surface area (Å²) in [7, 11) is 1.89. The summed E-state index contributed by atoms with van der Waals surface area (Å²) >= 11 is 1.67. The summed E-state index contributed by atoms with van der Waals surface area (Å²) in [6.07, 6.45) is 6.82. The summed E-state index contributed by atoms with van der Waals surface area (Å²) < 4.78 is 0. The second-order valence-electron chi connectivity index (χ2n) is 5.11.